The summed E-state index contributed by atoms with van der Waals surface area (Å²) in [5.41, 5.74) is 7.70. The first kappa shape index (κ1) is 14.0. The van der Waals surface area contributed by atoms with E-state index in [0.29, 0.717) is 0 Å². The maximum absolute atomic E-state index is 3.61. The molecule has 106 valence electrons. The first-order valence-corrected chi connectivity index (χ1v) is 8.68. The van der Waals surface area contributed by atoms with E-state index in [0.717, 1.165) is 8.95 Å². The highest BCUT2D eigenvalue weighted by atomic mass is 79.9. The van der Waals surface area contributed by atoms with Crippen LogP contribution in [0.25, 0.3) is 16.7 Å². The molecule has 0 bridgehead atoms. The van der Waals surface area contributed by atoms with E-state index >= 15 is 0 Å². The maximum atomic E-state index is 3.61. The summed E-state index contributed by atoms with van der Waals surface area (Å²) in [7, 11) is 0. The Kier molecular flexibility index (Phi) is 3.51. The van der Waals surface area contributed by atoms with Crippen molar-refractivity contribution in [2.45, 2.75) is 0 Å². The molecule has 0 N–H and O–H groups in total. The van der Waals surface area contributed by atoms with E-state index in [1.54, 1.807) is 0 Å². The lowest BCUT2D eigenvalue weighted by Crippen LogP contribution is -1.87. The number of benzene rings is 2. The molecule has 2 aliphatic rings. The zero-order chi connectivity index (χ0) is 15.1. The van der Waals surface area contributed by atoms with Gasteiger partial charge in [-0.3, -0.25) is 0 Å². The second-order valence-electron chi connectivity index (χ2n) is 5.31. The monoisotopic (exact) mass is 410 g/mol. The second kappa shape index (κ2) is 5.53. The minimum absolute atomic E-state index is 1.11. The highest BCUT2D eigenvalue weighted by Crippen LogP contribution is 2.47. The van der Waals surface area contributed by atoms with Crippen molar-refractivity contribution in [3.8, 4) is 11.1 Å². The highest BCUT2D eigenvalue weighted by Gasteiger charge is 2.25. The predicted molar refractivity (Wildman–Crippen MR) is 101 cm³/mol. The van der Waals surface area contributed by atoms with Gasteiger partial charge in [-0.25, -0.2) is 0 Å². The van der Waals surface area contributed by atoms with Crippen LogP contribution in [0.3, 0.4) is 0 Å². The van der Waals surface area contributed by atoms with Gasteiger partial charge in [-0.2, -0.15) is 0 Å². The third kappa shape index (κ3) is 2.27. The molecular formula is C20H12Br2. The molecule has 0 aliphatic heterocycles. The van der Waals surface area contributed by atoms with E-state index < -0.39 is 0 Å². The predicted octanol–water partition coefficient (Wildman–Crippen LogP) is 6.68. The molecule has 2 heteroatoms. The van der Waals surface area contributed by atoms with E-state index in [1.165, 1.54) is 33.4 Å². The minimum atomic E-state index is 1.11. The van der Waals surface area contributed by atoms with Crippen molar-refractivity contribution >= 4 is 37.4 Å². The normalized spacial score (nSPS) is 15.0. The van der Waals surface area contributed by atoms with Crippen molar-refractivity contribution in [1.29, 1.82) is 0 Å². The molecule has 2 aromatic rings. The van der Waals surface area contributed by atoms with Gasteiger partial charge in [0.15, 0.2) is 0 Å². The van der Waals surface area contributed by atoms with Gasteiger partial charge in [0.25, 0.3) is 0 Å². The molecule has 0 nitrogen and oxygen atoms in total. The molecule has 0 amide bonds. The van der Waals surface area contributed by atoms with E-state index in [9.17, 15) is 0 Å². The molecule has 0 heterocycles. The fourth-order valence-corrected chi connectivity index (χ4v) is 3.76. The van der Waals surface area contributed by atoms with Gasteiger partial charge < -0.3 is 0 Å². The summed E-state index contributed by atoms with van der Waals surface area (Å²) in [6.07, 6.45) is 12.7. The molecule has 0 radical (unpaired) electrons. The first-order valence-electron chi connectivity index (χ1n) is 7.10. The minimum Gasteiger partial charge on any atom is -0.0622 e. The molecule has 2 aromatic carbocycles. The molecule has 0 spiro atoms. The quantitative estimate of drug-likeness (QED) is 0.387. The summed E-state index contributed by atoms with van der Waals surface area (Å²) in [4.78, 5) is 0. The van der Waals surface area contributed by atoms with Crippen molar-refractivity contribution in [2.75, 3.05) is 0 Å². The SMILES string of the molecule is Brc1ccc2c(c1)C(=C1C=CC=CC=C1)c1cc(Br)ccc1-2. The molecule has 0 fully saturated rings. The van der Waals surface area contributed by atoms with Gasteiger partial charge in [-0.05, 0) is 57.7 Å². The van der Waals surface area contributed by atoms with Crippen LogP contribution in [0, 0.1) is 0 Å². The smallest absolute Gasteiger partial charge is 0.0181 e. The largest absolute Gasteiger partial charge is 0.0622 e. The average Bonchev–Trinajstić information content (AvgIpc) is 2.67. The summed E-state index contributed by atoms with van der Waals surface area (Å²) < 4.78 is 2.21. The van der Waals surface area contributed by atoms with E-state index in [-0.39, 0.29) is 0 Å². The molecule has 0 saturated carbocycles. The summed E-state index contributed by atoms with van der Waals surface area (Å²) in [5.74, 6) is 0. The lowest BCUT2D eigenvalue weighted by Gasteiger charge is -2.07. The van der Waals surface area contributed by atoms with Gasteiger partial charge in [-0.1, -0.05) is 80.4 Å². The van der Waals surface area contributed by atoms with Crippen molar-refractivity contribution in [2.24, 2.45) is 0 Å². The number of hydrogen-bond acceptors (Lipinski definition) is 0. The van der Waals surface area contributed by atoms with Crippen LogP contribution in [0.2, 0.25) is 0 Å². The van der Waals surface area contributed by atoms with E-state index in [2.05, 4.69) is 105 Å². The number of hydrogen-bond donors (Lipinski definition) is 0. The summed E-state index contributed by atoms with van der Waals surface area (Å²) in [6, 6.07) is 13.0. The van der Waals surface area contributed by atoms with Gasteiger partial charge in [0.2, 0.25) is 0 Å². The van der Waals surface area contributed by atoms with Crippen LogP contribution < -0.4 is 0 Å². The molecule has 0 saturated heterocycles. The van der Waals surface area contributed by atoms with Crippen LogP contribution in [-0.4, -0.2) is 0 Å². The lowest BCUT2D eigenvalue weighted by atomic mass is 9.97. The van der Waals surface area contributed by atoms with Crippen LogP contribution in [-0.2, 0) is 0 Å². The van der Waals surface area contributed by atoms with Crippen LogP contribution >= 0.6 is 31.9 Å². The molecule has 2 aliphatic carbocycles. The molecule has 0 atom stereocenters. The molecule has 0 aromatic heterocycles. The van der Waals surface area contributed by atoms with Gasteiger partial charge >= 0.3 is 0 Å². The van der Waals surface area contributed by atoms with Crippen LogP contribution in [0.1, 0.15) is 11.1 Å². The summed E-state index contributed by atoms with van der Waals surface area (Å²) in [6.45, 7) is 0. The summed E-state index contributed by atoms with van der Waals surface area (Å²) in [5, 5.41) is 0. The Bertz CT molecular complexity index is 824. The van der Waals surface area contributed by atoms with Crippen LogP contribution in [0.4, 0.5) is 0 Å². The third-order valence-corrected chi connectivity index (χ3v) is 4.95. The Morgan fingerprint density at radius 1 is 0.545 bits per heavy atom. The Balaban J connectivity index is 2.09. The topological polar surface area (TPSA) is 0 Å². The van der Waals surface area contributed by atoms with Gasteiger partial charge in [-0.15, -0.1) is 0 Å². The standard InChI is InChI=1S/C20H12Br2/c21-14-7-9-16-17-10-8-15(22)12-19(17)20(18(16)11-14)13-5-3-1-2-4-6-13/h1-12H. The second-order valence-corrected chi connectivity index (χ2v) is 7.14. The number of allylic oxidation sites excluding steroid dienone is 7. The number of rotatable bonds is 0. The van der Waals surface area contributed by atoms with E-state index in [4.69, 9.17) is 0 Å². The molecular weight excluding hydrogens is 400 g/mol. The van der Waals surface area contributed by atoms with Gasteiger partial charge in [0.1, 0.15) is 0 Å². The molecule has 22 heavy (non-hydrogen) atoms. The summed E-state index contributed by atoms with van der Waals surface area (Å²) >= 11 is 7.22. The van der Waals surface area contributed by atoms with Crippen molar-refractivity contribution in [3.63, 3.8) is 0 Å². The first-order chi connectivity index (χ1) is 10.7. The Hall–Kier alpha value is -1.64. The Morgan fingerprint density at radius 3 is 1.55 bits per heavy atom. The van der Waals surface area contributed by atoms with Crippen molar-refractivity contribution in [1.82, 2.24) is 0 Å². The zero-order valence-electron chi connectivity index (χ0n) is 11.7. The van der Waals surface area contributed by atoms with Crippen LogP contribution in [0.5, 0.6) is 0 Å². The van der Waals surface area contributed by atoms with Crippen molar-refractivity contribution in [3.05, 3.63) is 98.5 Å². The van der Waals surface area contributed by atoms with Gasteiger partial charge in [0.05, 0.1) is 0 Å². The van der Waals surface area contributed by atoms with Crippen LogP contribution in [0.15, 0.2) is 87.4 Å². The van der Waals surface area contributed by atoms with Gasteiger partial charge in [0, 0.05) is 8.95 Å². The Morgan fingerprint density at radius 2 is 1.05 bits per heavy atom. The Labute approximate surface area is 146 Å². The zero-order valence-corrected chi connectivity index (χ0v) is 14.9. The molecule has 4 rings (SSSR count). The third-order valence-electron chi connectivity index (χ3n) is 3.97. The fourth-order valence-electron chi connectivity index (χ4n) is 3.04. The lowest BCUT2D eigenvalue weighted by molar-refractivity contribution is 1.58. The average molecular weight is 412 g/mol. The maximum Gasteiger partial charge on any atom is 0.0181 e. The van der Waals surface area contributed by atoms with Crippen molar-refractivity contribution < 1.29 is 0 Å². The fraction of sp³-hybridized carbons (Fsp3) is 0. The molecule has 0 unspecified atom stereocenters. The number of fused-ring (bicyclic) bond motifs is 3. The van der Waals surface area contributed by atoms with E-state index in [1.807, 2.05) is 0 Å². The highest BCUT2D eigenvalue weighted by molar-refractivity contribution is 9.10. The number of halogens is 2.